The van der Waals surface area contributed by atoms with E-state index in [1.807, 2.05) is 0 Å². The molecule has 1 saturated carbocycles. The molecule has 0 saturated heterocycles. The summed E-state index contributed by atoms with van der Waals surface area (Å²) in [4.78, 5) is 21.7. The SMILES string of the molecule is NC1CCCC1C(=O)Nc1ccc(F)c([N+](=O)[O-])c1. The molecule has 0 radical (unpaired) electrons. The third-order valence-corrected chi connectivity index (χ3v) is 3.32. The molecule has 1 aliphatic carbocycles. The lowest BCUT2D eigenvalue weighted by molar-refractivity contribution is -0.387. The number of nitro benzene ring substituents is 1. The average molecular weight is 267 g/mol. The van der Waals surface area contributed by atoms with Crippen molar-refractivity contribution in [3.8, 4) is 0 Å². The third kappa shape index (κ3) is 2.87. The Balaban J connectivity index is 2.13. The van der Waals surface area contributed by atoms with Crippen LogP contribution in [-0.4, -0.2) is 16.9 Å². The molecule has 19 heavy (non-hydrogen) atoms. The van der Waals surface area contributed by atoms with E-state index >= 15 is 0 Å². The van der Waals surface area contributed by atoms with Crippen molar-refractivity contribution in [1.82, 2.24) is 0 Å². The molecule has 2 unspecified atom stereocenters. The topological polar surface area (TPSA) is 98.3 Å². The fraction of sp³-hybridized carbons (Fsp3) is 0.417. The lowest BCUT2D eigenvalue weighted by Crippen LogP contribution is -2.34. The minimum absolute atomic E-state index is 0.185. The molecule has 3 N–H and O–H groups in total. The van der Waals surface area contributed by atoms with Crippen LogP contribution in [0.3, 0.4) is 0 Å². The van der Waals surface area contributed by atoms with Crippen LogP contribution in [0.1, 0.15) is 19.3 Å². The number of nitrogens with two attached hydrogens (primary N) is 1. The number of amides is 1. The zero-order valence-electron chi connectivity index (χ0n) is 10.1. The lowest BCUT2D eigenvalue weighted by atomic mass is 10.0. The zero-order valence-corrected chi connectivity index (χ0v) is 10.1. The predicted octanol–water partition coefficient (Wildman–Crippen LogP) is 1.80. The molecule has 0 aromatic heterocycles. The van der Waals surface area contributed by atoms with Gasteiger partial charge in [0.15, 0.2) is 0 Å². The van der Waals surface area contributed by atoms with Crippen LogP contribution in [0.15, 0.2) is 18.2 Å². The van der Waals surface area contributed by atoms with Crippen molar-refractivity contribution in [2.75, 3.05) is 5.32 Å². The van der Waals surface area contributed by atoms with Crippen LogP contribution < -0.4 is 11.1 Å². The highest BCUT2D eigenvalue weighted by Gasteiger charge is 2.30. The van der Waals surface area contributed by atoms with E-state index in [2.05, 4.69) is 5.32 Å². The largest absolute Gasteiger partial charge is 0.327 e. The Labute approximate surface area is 108 Å². The number of hydrogen-bond donors (Lipinski definition) is 2. The quantitative estimate of drug-likeness (QED) is 0.644. The number of anilines is 1. The van der Waals surface area contributed by atoms with Crippen LogP contribution in [-0.2, 0) is 4.79 Å². The first-order chi connectivity index (χ1) is 8.99. The van der Waals surface area contributed by atoms with Crippen LogP contribution >= 0.6 is 0 Å². The van der Waals surface area contributed by atoms with Gasteiger partial charge < -0.3 is 11.1 Å². The minimum atomic E-state index is -0.930. The van der Waals surface area contributed by atoms with Gasteiger partial charge in [-0.15, -0.1) is 0 Å². The molecule has 2 atom stereocenters. The first-order valence-corrected chi connectivity index (χ1v) is 5.99. The molecule has 1 amide bonds. The Morgan fingerprint density at radius 1 is 1.47 bits per heavy atom. The van der Waals surface area contributed by atoms with Gasteiger partial charge in [0.1, 0.15) is 0 Å². The number of nitrogens with zero attached hydrogens (tertiary/aromatic N) is 1. The standard InChI is InChI=1S/C12H14FN3O3/c13-9-5-4-7(6-11(9)16(18)19)15-12(17)8-2-1-3-10(8)14/h4-6,8,10H,1-3,14H2,(H,15,17). The summed E-state index contributed by atoms with van der Waals surface area (Å²) in [6, 6.07) is 3.08. The summed E-state index contributed by atoms with van der Waals surface area (Å²) in [5.41, 5.74) is 5.35. The Morgan fingerprint density at radius 3 is 2.79 bits per heavy atom. The highest BCUT2D eigenvalue weighted by Crippen LogP contribution is 2.27. The molecule has 6 nitrogen and oxygen atoms in total. The normalized spacial score (nSPS) is 22.2. The molecular formula is C12H14FN3O3. The van der Waals surface area contributed by atoms with E-state index < -0.39 is 16.4 Å². The number of benzene rings is 1. The monoisotopic (exact) mass is 267 g/mol. The predicted molar refractivity (Wildman–Crippen MR) is 67.0 cm³/mol. The van der Waals surface area contributed by atoms with Crippen molar-refractivity contribution in [1.29, 1.82) is 0 Å². The van der Waals surface area contributed by atoms with Crippen LogP contribution in [0.25, 0.3) is 0 Å². The van der Waals surface area contributed by atoms with Gasteiger partial charge in [-0.25, -0.2) is 0 Å². The van der Waals surface area contributed by atoms with Gasteiger partial charge in [-0.3, -0.25) is 14.9 Å². The zero-order chi connectivity index (χ0) is 14.0. The number of hydrogen-bond acceptors (Lipinski definition) is 4. The van der Waals surface area contributed by atoms with Gasteiger partial charge in [0, 0.05) is 17.8 Å². The van der Waals surface area contributed by atoms with E-state index in [0.717, 1.165) is 25.0 Å². The summed E-state index contributed by atoms with van der Waals surface area (Å²) >= 11 is 0. The van der Waals surface area contributed by atoms with Crippen LogP contribution in [0.2, 0.25) is 0 Å². The number of carbonyl (C=O) groups excluding carboxylic acids is 1. The van der Waals surface area contributed by atoms with Crippen molar-refractivity contribution in [2.45, 2.75) is 25.3 Å². The summed E-state index contributed by atoms with van der Waals surface area (Å²) < 4.78 is 13.1. The number of rotatable bonds is 3. The second-order valence-electron chi connectivity index (χ2n) is 4.61. The maximum atomic E-state index is 13.1. The lowest BCUT2D eigenvalue weighted by Gasteiger charge is -2.15. The van der Waals surface area contributed by atoms with Gasteiger partial charge in [0.2, 0.25) is 11.7 Å². The maximum Gasteiger partial charge on any atom is 0.306 e. The fourth-order valence-electron chi connectivity index (χ4n) is 2.28. The summed E-state index contributed by atoms with van der Waals surface area (Å²) in [5, 5.41) is 13.1. The Morgan fingerprint density at radius 2 is 2.21 bits per heavy atom. The third-order valence-electron chi connectivity index (χ3n) is 3.32. The molecule has 7 heteroatoms. The molecule has 102 valence electrons. The summed E-state index contributed by atoms with van der Waals surface area (Å²) in [6.45, 7) is 0. The highest BCUT2D eigenvalue weighted by atomic mass is 19.1. The van der Waals surface area contributed by atoms with E-state index in [0.29, 0.717) is 6.42 Å². The first-order valence-electron chi connectivity index (χ1n) is 5.99. The van der Waals surface area contributed by atoms with Crippen molar-refractivity contribution >= 4 is 17.3 Å². The van der Waals surface area contributed by atoms with Crippen LogP contribution in [0, 0.1) is 21.8 Å². The van der Waals surface area contributed by atoms with Gasteiger partial charge in [0.05, 0.1) is 10.8 Å². The number of nitro groups is 1. The summed E-state index contributed by atoms with van der Waals surface area (Å²) in [5.74, 6) is -1.49. The fourth-order valence-corrected chi connectivity index (χ4v) is 2.28. The molecule has 2 rings (SSSR count). The molecule has 0 heterocycles. The van der Waals surface area contributed by atoms with E-state index in [4.69, 9.17) is 5.73 Å². The Kier molecular flexibility index (Phi) is 3.75. The molecule has 0 bridgehead atoms. The summed E-state index contributed by atoms with van der Waals surface area (Å²) in [6.07, 6.45) is 2.39. The molecule has 1 aromatic rings. The van der Waals surface area contributed by atoms with E-state index in [1.165, 1.54) is 6.07 Å². The Bertz CT molecular complexity index is 521. The Hall–Kier alpha value is -2.02. The van der Waals surface area contributed by atoms with Gasteiger partial charge in [-0.05, 0) is 25.0 Å². The van der Waals surface area contributed by atoms with Crippen molar-refractivity contribution in [3.63, 3.8) is 0 Å². The molecular weight excluding hydrogens is 253 g/mol. The first kappa shape index (κ1) is 13.4. The van der Waals surface area contributed by atoms with Gasteiger partial charge in [-0.1, -0.05) is 6.42 Å². The van der Waals surface area contributed by atoms with Crippen molar-refractivity contribution in [2.24, 2.45) is 11.7 Å². The number of carbonyl (C=O) groups is 1. The van der Waals surface area contributed by atoms with Gasteiger partial charge in [-0.2, -0.15) is 4.39 Å². The van der Waals surface area contributed by atoms with E-state index in [-0.39, 0.29) is 23.6 Å². The number of nitrogens with one attached hydrogen (secondary N) is 1. The summed E-state index contributed by atoms with van der Waals surface area (Å²) in [7, 11) is 0. The molecule has 1 aliphatic rings. The molecule has 1 fully saturated rings. The van der Waals surface area contributed by atoms with Gasteiger partial charge in [0.25, 0.3) is 0 Å². The van der Waals surface area contributed by atoms with E-state index in [1.54, 1.807) is 0 Å². The maximum absolute atomic E-state index is 13.1. The highest BCUT2D eigenvalue weighted by molar-refractivity contribution is 5.93. The van der Waals surface area contributed by atoms with Crippen molar-refractivity contribution < 1.29 is 14.1 Å². The van der Waals surface area contributed by atoms with Gasteiger partial charge >= 0.3 is 5.69 Å². The molecule has 1 aromatic carbocycles. The second kappa shape index (κ2) is 5.31. The minimum Gasteiger partial charge on any atom is -0.327 e. The molecule has 0 aliphatic heterocycles. The second-order valence-corrected chi connectivity index (χ2v) is 4.61. The average Bonchev–Trinajstić information content (AvgIpc) is 2.77. The smallest absolute Gasteiger partial charge is 0.306 e. The molecule has 0 spiro atoms. The van der Waals surface area contributed by atoms with Crippen molar-refractivity contribution in [3.05, 3.63) is 34.1 Å². The number of halogens is 1. The van der Waals surface area contributed by atoms with E-state index in [9.17, 15) is 19.3 Å². The van der Waals surface area contributed by atoms with Crippen LogP contribution in [0.5, 0.6) is 0 Å². The van der Waals surface area contributed by atoms with Crippen LogP contribution in [0.4, 0.5) is 15.8 Å².